The fourth-order valence-corrected chi connectivity index (χ4v) is 2.37. The Bertz CT molecular complexity index is 398. The number of ether oxygens (including phenoxy) is 1. The molecular weight excluding hydrogens is 272 g/mol. The number of methoxy groups -OCH3 is 1. The molecule has 1 heterocycles. The minimum atomic E-state index is 0.442. The van der Waals surface area contributed by atoms with Crippen LogP contribution in [0.2, 0.25) is 0 Å². The van der Waals surface area contributed by atoms with E-state index < -0.39 is 0 Å². The number of hydrogen-bond acceptors (Lipinski definition) is 3. The molecule has 0 amide bonds. The standard InChI is InChI=1S/C16H27ClN2O/c1-5-7-15-10-14(12-17)11-16(18-15)19(8-9-20-4)13(3)6-2/h10-11,13H,5-9,12H2,1-4H3. The van der Waals surface area contributed by atoms with Crippen LogP contribution in [-0.2, 0) is 17.0 Å². The van der Waals surface area contributed by atoms with Crippen LogP contribution in [0.25, 0.3) is 0 Å². The lowest BCUT2D eigenvalue weighted by Crippen LogP contribution is -2.36. The number of aromatic nitrogens is 1. The number of anilines is 1. The average Bonchev–Trinajstić information content (AvgIpc) is 2.47. The van der Waals surface area contributed by atoms with Crippen molar-refractivity contribution in [1.29, 1.82) is 0 Å². The van der Waals surface area contributed by atoms with Crippen LogP contribution in [0.1, 0.15) is 44.9 Å². The van der Waals surface area contributed by atoms with Crippen LogP contribution in [-0.4, -0.2) is 31.3 Å². The maximum Gasteiger partial charge on any atom is 0.129 e. The highest BCUT2D eigenvalue weighted by Gasteiger charge is 2.15. The van der Waals surface area contributed by atoms with Gasteiger partial charge in [-0.05, 0) is 37.5 Å². The van der Waals surface area contributed by atoms with Crippen molar-refractivity contribution in [2.24, 2.45) is 0 Å². The summed E-state index contributed by atoms with van der Waals surface area (Å²) in [5.74, 6) is 1.56. The molecule has 114 valence electrons. The summed E-state index contributed by atoms with van der Waals surface area (Å²) in [7, 11) is 1.74. The SMILES string of the molecule is CCCc1cc(CCl)cc(N(CCOC)C(C)CC)n1. The Balaban J connectivity index is 3.06. The molecule has 1 rings (SSSR count). The minimum absolute atomic E-state index is 0.442. The van der Waals surface area contributed by atoms with Crippen LogP contribution in [0.4, 0.5) is 5.82 Å². The van der Waals surface area contributed by atoms with Gasteiger partial charge in [0, 0.05) is 31.3 Å². The van der Waals surface area contributed by atoms with Gasteiger partial charge in [0.15, 0.2) is 0 Å². The minimum Gasteiger partial charge on any atom is -0.383 e. The molecule has 0 saturated carbocycles. The quantitative estimate of drug-likeness (QED) is 0.644. The third kappa shape index (κ3) is 4.95. The van der Waals surface area contributed by atoms with Crippen molar-refractivity contribution in [3.63, 3.8) is 0 Å². The van der Waals surface area contributed by atoms with Gasteiger partial charge in [0.25, 0.3) is 0 Å². The molecule has 1 aromatic heterocycles. The van der Waals surface area contributed by atoms with Crippen LogP contribution >= 0.6 is 11.6 Å². The van der Waals surface area contributed by atoms with E-state index in [1.807, 2.05) is 0 Å². The maximum absolute atomic E-state index is 6.02. The Labute approximate surface area is 128 Å². The zero-order chi connectivity index (χ0) is 15.0. The highest BCUT2D eigenvalue weighted by atomic mass is 35.5. The zero-order valence-electron chi connectivity index (χ0n) is 13.2. The first-order valence-corrected chi connectivity index (χ1v) is 8.01. The van der Waals surface area contributed by atoms with Gasteiger partial charge >= 0.3 is 0 Å². The monoisotopic (exact) mass is 298 g/mol. The van der Waals surface area contributed by atoms with Crippen molar-refractivity contribution >= 4 is 17.4 Å². The first-order valence-electron chi connectivity index (χ1n) is 7.47. The second-order valence-electron chi connectivity index (χ2n) is 5.15. The molecule has 0 saturated heterocycles. The lowest BCUT2D eigenvalue weighted by atomic mass is 10.1. The van der Waals surface area contributed by atoms with Gasteiger partial charge in [-0.1, -0.05) is 20.3 Å². The molecule has 0 aromatic carbocycles. The van der Waals surface area contributed by atoms with E-state index in [1.54, 1.807) is 7.11 Å². The topological polar surface area (TPSA) is 25.4 Å². The van der Waals surface area contributed by atoms with Crippen molar-refractivity contribution in [3.05, 3.63) is 23.4 Å². The van der Waals surface area contributed by atoms with Gasteiger partial charge in [0.2, 0.25) is 0 Å². The summed E-state index contributed by atoms with van der Waals surface area (Å²) in [6.07, 6.45) is 3.18. The molecule has 0 spiro atoms. The number of rotatable bonds is 9. The van der Waals surface area contributed by atoms with Crippen LogP contribution in [0.3, 0.4) is 0 Å². The highest BCUT2D eigenvalue weighted by Crippen LogP contribution is 2.20. The third-order valence-corrected chi connectivity index (χ3v) is 3.85. The lowest BCUT2D eigenvalue weighted by molar-refractivity contribution is 0.203. The van der Waals surface area contributed by atoms with Gasteiger partial charge in [-0.25, -0.2) is 4.98 Å². The van der Waals surface area contributed by atoms with Crippen molar-refractivity contribution in [1.82, 2.24) is 4.98 Å². The molecule has 0 bridgehead atoms. The van der Waals surface area contributed by atoms with Gasteiger partial charge in [0.1, 0.15) is 5.82 Å². The first-order chi connectivity index (χ1) is 9.65. The van der Waals surface area contributed by atoms with E-state index in [4.69, 9.17) is 21.3 Å². The van der Waals surface area contributed by atoms with E-state index in [0.29, 0.717) is 18.5 Å². The summed E-state index contributed by atoms with van der Waals surface area (Å²) >= 11 is 6.02. The maximum atomic E-state index is 6.02. The normalized spacial score (nSPS) is 12.4. The molecule has 0 aliphatic heterocycles. The van der Waals surface area contributed by atoms with Crippen molar-refractivity contribution < 1.29 is 4.74 Å². The Morgan fingerprint density at radius 3 is 2.65 bits per heavy atom. The summed E-state index contributed by atoms with van der Waals surface area (Å²) in [5.41, 5.74) is 2.28. The zero-order valence-corrected chi connectivity index (χ0v) is 13.9. The predicted molar refractivity (Wildman–Crippen MR) is 86.8 cm³/mol. The predicted octanol–water partition coefficient (Wildman–Crippen LogP) is 4.02. The van der Waals surface area contributed by atoms with Crippen molar-refractivity contribution in [3.8, 4) is 0 Å². The fraction of sp³-hybridized carbons (Fsp3) is 0.688. The second-order valence-corrected chi connectivity index (χ2v) is 5.42. The summed E-state index contributed by atoms with van der Waals surface area (Å²) in [5, 5.41) is 0. The Kier molecular flexibility index (Phi) is 7.93. The average molecular weight is 299 g/mol. The molecule has 0 aliphatic rings. The van der Waals surface area contributed by atoms with Gasteiger partial charge in [-0.2, -0.15) is 0 Å². The molecule has 4 heteroatoms. The smallest absolute Gasteiger partial charge is 0.129 e. The van der Waals surface area contributed by atoms with Gasteiger partial charge in [-0.15, -0.1) is 11.6 Å². The largest absolute Gasteiger partial charge is 0.383 e. The van der Waals surface area contributed by atoms with Crippen LogP contribution in [0, 0.1) is 0 Å². The molecule has 20 heavy (non-hydrogen) atoms. The first kappa shape index (κ1) is 17.3. The third-order valence-electron chi connectivity index (χ3n) is 3.54. The molecular formula is C16H27ClN2O. The van der Waals surface area contributed by atoms with Gasteiger partial charge in [-0.3, -0.25) is 0 Å². The van der Waals surface area contributed by atoms with Crippen LogP contribution < -0.4 is 4.90 Å². The number of halogens is 1. The summed E-state index contributed by atoms with van der Waals surface area (Å²) < 4.78 is 5.23. The van der Waals surface area contributed by atoms with E-state index in [0.717, 1.165) is 42.9 Å². The molecule has 1 unspecified atom stereocenters. The number of aryl methyl sites for hydroxylation is 1. The van der Waals surface area contributed by atoms with Gasteiger partial charge in [0.05, 0.1) is 6.61 Å². The van der Waals surface area contributed by atoms with E-state index in [2.05, 4.69) is 37.8 Å². The van der Waals surface area contributed by atoms with Crippen LogP contribution in [0.5, 0.6) is 0 Å². The van der Waals surface area contributed by atoms with Crippen LogP contribution in [0.15, 0.2) is 12.1 Å². The Morgan fingerprint density at radius 1 is 1.35 bits per heavy atom. The molecule has 1 atom stereocenters. The number of alkyl halides is 1. The number of pyridine rings is 1. The van der Waals surface area contributed by atoms with Crippen molar-refractivity contribution in [2.45, 2.75) is 52.0 Å². The van der Waals surface area contributed by atoms with Crippen molar-refractivity contribution in [2.75, 3.05) is 25.2 Å². The summed E-state index contributed by atoms with van der Waals surface area (Å²) in [6, 6.07) is 4.66. The molecule has 3 nitrogen and oxygen atoms in total. The fourth-order valence-electron chi connectivity index (χ4n) is 2.21. The van der Waals surface area contributed by atoms with E-state index in [9.17, 15) is 0 Å². The molecule has 1 aromatic rings. The molecule has 0 radical (unpaired) electrons. The van der Waals surface area contributed by atoms with E-state index in [-0.39, 0.29) is 0 Å². The Hall–Kier alpha value is -0.800. The molecule has 0 fully saturated rings. The van der Waals surface area contributed by atoms with E-state index >= 15 is 0 Å². The van der Waals surface area contributed by atoms with E-state index in [1.165, 1.54) is 0 Å². The summed E-state index contributed by atoms with van der Waals surface area (Å²) in [6.45, 7) is 8.16. The molecule has 0 aliphatic carbocycles. The number of nitrogens with zero attached hydrogens (tertiary/aromatic N) is 2. The van der Waals surface area contributed by atoms with Gasteiger partial charge < -0.3 is 9.64 Å². The molecule has 0 N–H and O–H groups in total. The lowest BCUT2D eigenvalue weighted by Gasteiger charge is -2.30. The highest BCUT2D eigenvalue weighted by molar-refractivity contribution is 6.17. The number of hydrogen-bond donors (Lipinski definition) is 0. The second kappa shape index (κ2) is 9.19. The summed E-state index contributed by atoms with van der Waals surface area (Å²) in [4.78, 5) is 7.12. The Morgan fingerprint density at radius 2 is 2.10 bits per heavy atom.